The second kappa shape index (κ2) is 28.9. The van der Waals surface area contributed by atoms with Gasteiger partial charge in [-0.1, -0.05) is 167 Å². The first-order chi connectivity index (χ1) is 28.1. The van der Waals surface area contributed by atoms with E-state index in [-0.39, 0.29) is 64.2 Å². The maximum absolute atomic E-state index is 5.58. The third kappa shape index (κ3) is 16.1. The summed E-state index contributed by atoms with van der Waals surface area (Å²) in [4.78, 5) is 0. The number of hydrogen-bond donors (Lipinski definition) is 0. The van der Waals surface area contributed by atoms with Crippen molar-refractivity contribution in [3.8, 4) is 5.69 Å². The Hall–Kier alpha value is -3.50. The van der Waals surface area contributed by atoms with Crippen LogP contribution in [-0.4, -0.2) is 4.57 Å². The Balaban J connectivity index is 0.000000575. The Labute approximate surface area is 411 Å². The van der Waals surface area contributed by atoms with E-state index in [0.717, 1.165) is 38.5 Å². The molecule has 6 rings (SSSR count). The molecule has 0 bridgehead atoms. The molecule has 1 nitrogen and oxygen atoms in total. The molecule has 3 aliphatic rings. The number of aromatic nitrogens is 1. The number of nitrogens with zero attached hydrogens (tertiary/aromatic N) is 1. The van der Waals surface area contributed by atoms with Gasteiger partial charge in [-0.3, -0.25) is 6.58 Å². The van der Waals surface area contributed by atoms with Crippen LogP contribution in [0.15, 0.2) is 175 Å². The predicted octanol–water partition coefficient (Wildman–Crippen LogP) is 13.4. The third-order valence-corrected chi connectivity index (χ3v) is 11.2. The van der Waals surface area contributed by atoms with E-state index in [1.807, 2.05) is 58.1 Å². The van der Waals surface area contributed by atoms with Gasteiger partial charge in [-0.2, -0.15) is 6.08 Å². The largest absolute Gasteiger partial charge is 1.00 e. The van der Waals surface area contributed by atoms with Crippen LogP contribution in [-0.2, 0) is 25.7 Å². The summed E-state index contributed by atoms with van der Waals surface area (Å²) in [6, 6.07) is 19.6. The van der Waals surface area contributed by atoms with E-state index in [1.165, 1.54) is 62.5 Å². The van der Waals surface area contributed by atoms with Crippen LogP contribution < -0.4 is 51.4 Å². The van der Waals surface area contributed by atoms with Gasteiger partial charge in [0, 0.05) is 23.0 Å². The zero-order valence-corrected chi connectivity index (χ0v) is 42.5. The van der Waals surface area contributed by atoms with Gasteiger partial charge in [0.2, 0.25) is 0 Å². The van der Waals surface area contributed by atoms with Gasteiger partial charge in [0.1, 0.15) is 0 Å². The molecule has 0 aliphatic heterocycles. The minimum atomic E-state index is 0. The second-order valence-electron chi connectivity index (χ2n) is 15.9. The van der Waals surface area contributed by atoms with Crippen molar-refractivity contribution >= 4 is 6.08 Å². The number of rotatable bonds is 9. The Morgan fingerprint density at radius 2 is 1.65 bits per heavy atom. The van der Waals surface area contributed by atoms with Crippen LogP contribution in [0.2, 0.25) is 0 Å². The van der Waals surface area contributed by atoms with Crippen molar-refractivity contribution in [3.63, 3.8) is 0 Å². The van der Waals surface area contributed by atoms with Crippen molar-refractivity contribution in [2.24, 2.45) is 17.3 Å². The molecule has 3 aliphatic carbocycles. The minimum Gasteiger partial charge on any atom is -0.358 e. The topological polar surface area (TPSA) is 4.93 Å². The molecule has 0 N–H and O–H groups in total. The Kier molecular flexibility index (Phi) is 26.3. The molecule has 2 atom stereocenters. The van der Waals surface area contributed by atoms with Crippen LogP contribution in [0.3, 0.4) is 0 Å². The SMILES string of the molecule is C/C=C\C(=C/C)Cc1ccc(C)cc1.C=C/C(C)=C\C=C/C.CC.[CH-]=C/C=C\CC1CCc2c(c3c(n2-c2ccccc2)/C=C\C(=C)C2CC=CC=C2C(C)(C)C3)C1.[CH3-].[K+]. The standard InChI is InChI=1S/C33H36N.C14H18.C8H12.C2H6.CH3.K/c1-5-6-8-13-25-19-21-31-28(22-25)29-23-33(3,4)30-17-12-11-16-27(30)24(2)18-20-32(29)34(31)26-14-9-7-10-15-26;1-4-6-13(5-2)11-14-9-7-12(3)8-10-14;1-4-6-7-8(3)5-2;1-2;;/h1,5-12,14-15,17-18,20,25,27H,2,13,16,19,21-23H2,3-4H3;4-10H,11H2,1-3H3;4-7H,2H2,1,3H3;1-2H3;1H3;/q-1;;;;-1;+1/b8-6-,20-18-;6-4-,13-5+;6-4-,8-7-;;;. The molecule has 3 aromatic rings. The van der Waals surface area contributed by atoms with Crippen molar-refractivity contribution < 1.29 is 51.4 Å². The molecule has 0 radical (unpaired) electrons. The van der Waals surface area contributed by atoms with E-state index < -0.39 is 0 Å². The van der Waals surface area contributed by atoms with Crippen LogP contribution in [0.1, 0.15) is 108 Å². The predicted molar refractivity (Wildman–Crippen MR) is 265 cm³/mol. The van der Waals surface area contributed by atoms with Crippen LogP contribution in [0.25, 0.3) is 11.8 Å². The fourth-order valence-corrected chi connectivity index (χ4v) is 8.03. The van der Waals surface area contributed by atoms with Crippen LogP contribution >= 0.6 is 0 Å². The molecule has 0 spiro atoms. The Bertz CT molecular complexity index is 2030. The molecule has 1 heterocycles. The fourth-order valence-electron chi connectivity index (χ4n) is 8.03. The van der Waals surface area contributed by atoms with E-state index in [1.54, 1.807) is 11.6 Å². The van der Waals surface area contributed by atoms with Crippen LogP contribution in [0.4, 0.5) is 0 Å². The van der Waals surface area contributed by atoms with Gasteiger partial charge in [-0.25, -0.2) is 12.2 Å². The van der Waals surface area contributed by atoms with E-state index >= 15 is 0 Å². The zero-order chi connectivity index (χ0) is 42.5. The van der Waals surface area contributed by atoms with E-state index in [9.17, 15) is 0 Å². The number of benzene rings is 2. The molecular formula is C58H75KN-. The molecule has 2 unspecified atom stereocenters. The summed E-state index contributed by atoms with van der Waals surface area (Å²) in [6.45, 7) is 32.9. The normalized spacial score (nSPS) is 18.4. The molecule has 60 heavy (non-hydrogen) atoms. The number of para-hydroxylation sites is 1. The van der Waals surface area contributed by atoms with Crippen molar-refractivity contribution in [2.75, 3.05) is 0 Å². The summed E-state index contributed by atoms with van der Waals surface area (Å²) in [5, 5.41) is 0. The van der Waals surface area contributed by atoms with Gasteiger partial charge in [0.15, 0.2) is 0 Å². The summed E-state index contributed by atoms with van der Waals surface area (Å²) < 4.78 is 2.55. The third-order valence-electron chi connectivity index (χ3n) is 11.2. The summed E-state index contributed by atoms with van der Waals surface area (Å²) in [5.41, 5.74) is 15.3. The van der Waals surface area contributed by atoms with E-state index in [4.69, 9.17) is 6.58 Å². The van der Waals surface area contributed by atoms with E-state index in [2.05, 4.69) is 162 Å². The summed E-state index contributed by atoms with van der Waals surface area (Å²) >= 11 is 0. The van der Waals surface area contributed by atoms with Crippen molar-refractivity contribution in [2.45, 2.75) is 107 Å². The maximum atomic E-state index is 5.58. The first-order valence-electron chi connectivity index (χ1n) is 21.6. The zero-order valence-electron chi connectivity index (χ0n) is 39.4. The Morgan fingerprint density at radius 1 is 0.950 bits per heavy atom. The first kappa shape index (κ1) is 54.5. The summed E-state index contributed by atoms with van der Waals surface area (Å²) in [5.74, 6) is 1.06. The van der Waals surface area contributed by atoms with Crippen molar-refractivity contribution in [3.05, 3.63) is 223 Å². The molecule has 0 fully saturated rings. The van der Waals surface area contributed by atoms with Crippen molar-refractivity contribution in [1.82, 2.24) is 4.57 Å². The maximum Gasteiger partial charge on any atom is 1.00 e. The molecule has 2 heteroatoms. The molecule has 0 saturated heterocycles. The van der Waals surface area contributed by atoms with Gasteiger partial charge in [0.05, 0.1) is 0 Å². The Morgan fingerprint density at radius 3 is 2.27 bits per heavy atom. The van der Waals surface area contributed by atoms with Gasteiger partial charge in [-0.15, -0.1) is 0 Å². The first-order valence-corrected chi connectivity index (χ1v) is 21.6. The molecule has 314 valence electrons. The molecule has 0 amide bonds. The average Bonchev–Trinajstić information content (AvgIpc) is 3.56. The number of fused-ring (bicyclic) bond motifs is 4. The van der Waals surface area contributed by atoms with Crippen LogP contribution in [0.5, 0.6) is 0 Å². The smallest absolute Gasteiger partial charge is 0.358 e. The van der Waals surface area contributed by atoms with Crippen molar-refractivity contribution in [1.29, 1.82) is 0 Å². The molecule has 1 aromatic heterocycles. The molecular weight excluding hydrogens is 750 g/mol. The minimum absolute atomic E-state index is 0. The number of aryl methyl sites for hydroxylation is 1. The van der Waals surface area contributed by atoms with Gasteiger partial charge >= 0.3 is 51.4 Å². The monoisotopic (exact) mass is 825 g/mol. The van der Waals surface area contributed by atoms with Gasteiger partial charge in [-0.05, 0) is 137 Å². The second-order valence-corrected chi connectivity index (χ2v) is 15.9. The average molecular weight is 825 g/mol. The van der Waals surface area contributed by atoms with Gasteiger partial charge < -0.3 is 12.0 Å². The molecule has 0 saturated carbocycles. The quantitative estimate of drug-likeness (QED) is 0.115. The number of hydrogen-bond acceptors (Lipinski definition) is 0. The number of allylic oxidation sites excluding steroid dienone is 18. The van der Waals surface area contributed by atoms with Crippen LogP contribution in [0, 0.1) is 38.2 Å². The summed E-state index contributed by atoms with van der Waals surface area (Å²) in [7, 11) is 0. The molecule has 2 aromatic carbocycles. The summed E-state index contributed by atoms with van der Waals surface area (Å²) in [6.07, 6.45) is 39.4. The van der Waals surface area contributed by atoms with E-state index in [0.29, 0.717) is 11.8 Å². The fraction of sp³-hybridized carbons (Fsp3) is 0.328. The van der Waals surface area contributed by atoms with Gasteiger partial charge in [0.25, 0.3) is 0 Å².